The van der Waals surface area contributed by atoms with Crippen LogP contribution in [0.3, 0.4) is 0 Å². The largest absolute Gasteiger partial charge is 0.354 e. The van der Waals surface area contributed by atoms with Crippen LogP contribution >= 0.6 is 34.8 Å². The van der Waals surface area contributed by atoms with Crippen LogP contribution in [0.4, 0.5) is 5.69 Å². The molecule has 1 N–H and O–H groups in total. The molecule has 0 aromatic heterocycles. The van der Waals surface area contributed by atoms with Crippen molar-refractivity contribution in [3.05, 3.63) is 129 Å². The molecule has 0 heterocycles. The van der Waals surface area contributed by atoms with Crippen molar-refractivity contribution in [1.82, 2.24) is 10.2 Å². The molecule has 4 aromatic carbocycles. The Labute approximate surface area is 279 Å². The smallest absolute Gasteiger partial charge is 0.264 e. The van der Waals surface area contributed by atoms with Crippen LogP contribution in [0.25, 0.3) is 0 Å². The maximum Gasteiger partial charge on any atom is 0.264 e. The summed E-state index contributed by atoms with van der Waals surface area (Å²) in [5.74, 6) is -0.957. The summed E-state index contributed by atoms with van der Waals surface area (Å²) >= 11 is 19.0. The molecule has 0 aliphatic carbocycles. The average molecular weight is 687 g/mol. The number of sulfonamides is 1. The number of nitrogens with zero attached hydrogens (tertiary/aromatic N) is 2. The van der Waals surface area contributed by atoms with Gasteiger partial charge in [-0.1, -0.05) is 108 Å². The first-order valence-electron chi connectivity index (χ1n) is 14.4. The lowest BCUT2D eigenvalue weighted by molar-refractivity contribution is -0.140. The third-order valence-corrected chi connectivity index (χ3v) is 10.0. The Balaban J connectivity index is 1.82. The fourth-order valence-electron chi connectivity index (χ4n) is 4.74. The molecule has 0 spiro atoms. The molecule has 0 saturated heterocycles. The Hall–Kier alpha value is -3.56. The fourth-order valence-corrected chi connectivity index (χ4v) is 6.74. The van der Waals surface area contributed by atoms with Gasteiger partial charge in [0.1, 0.15) is 12.6 Å². The molecule has 0 radical (unpaired) electrons. The normalized spacial score (nSPS) is 11.9. The number of hydrogen-bond donors (Lipinski definition) is 1. The molecule has 45 heavy (non-hydrogen) atoms. The van der Waals surface area contributed by atoms with Gasteiger partial charge in [-0.25, -0.2) is 8.42 Å². The van der Waals surface area contributed by atoms with E-state index in [0.29, 0.717) is 23.6 Å². The molecular formula is C34H34Cl3N3O4S. The number of hydrogen-bond acceptors (Lipinski definition) is 4. The molecule has 7 nitrogen and oxygen atoms in total. The summed E-state index contributed by atoms with van der Waals surface area (Å²) in [5.41, 5.74) is 2.46. The van der Waals surface area contributed by atoms with Gasteiger partial charge >= 0.3 is 0 Å². The molecule has 0 aliphatic heterocycles. The van der Waals surface area contributed by atoms with Gasteiger partial charge < -0.3 is 10.2 Å². The van der Waals surface area contributed by atoms with E-state index in [9.17, 15) is 18.0 Å². The number of aryl methyl sites for hydroxylation is 1. The lowest BCUT2D eigenvalue weighted by Gasteiger charge is -2.34. The predicted octanol–water partition coefficient (Wildman–Crippen LogP) is 7.32. The molecule has 0 bridgehead atoms. The molecule has 0 fully saturated rings. The van der Waals surface area contributed by atoms with E-state index in [1.54, 1.807) is 42.5 Å². The highest BCUT2D eigenvalue weighted by Gasteiger charge is 2.35. The first-order chi connectivity index (χ1) is 21.5. The monoisotopic (exact) mass is 685 g/mol. The zero-order valence-electron chi connectivity index (χ0n) is 24.9. The minimum absolute atomic E-state index is 0.0200. The van der Waals surface area contributed by atoms with Crippen molar-refractivity contribution in [3.63, 3.8) is 0 Å². The zero-order valence-corrected chi connectivity index (χ0v) is 28.0. The van der Waals surface area contributed by atoms with Crippen molar-refractivity contribution in [3.8, 4) is 0 Å². The SMILES string of the molecule is CCCNC(=O)C(Cc1ccccc1)N(Cc1ccc(Cl)cc1)C(=O)CN(c1cccc(Cl)c1Cl)S(=O)(=O)c1ccc(C)cc1. The minimum atomic E-state index is -4.31. The summed E-state index contributed by atoms with van der Waals surface area (Å²) in [5, 5.41) is 3.55. The predicted molar refractivity (Wildman–Crippen MR) is 181 cm³/mol. The number of anilines is 1. The molecule has 4 aromatic rings. The lowest BCUT2D eigenvalue weighted by atomic mass is 10.0. The minimum Gasteiger partial charge on any atom is -0.354 e. The lowest BCUT2D eigenvalue weighted by Crippen LogP contribution is -2.53. The molecule has 0 aliphatic rings. The van der Waals surface area contributed by atoms with E-state index < -0.39 is 28.5 Å². The van der Waals surface area contributed by atoms with Gasteiger partial charge in [-0.05, 0) is 60.9 Å². The molecule has 1 unspecified atom stereocenters. The van der Waals surface area contributed by atoms with Gasteiger partial charge in [0.15, 0.2) is 0 Å². The second-order valence-electron chi connectivity index (χ2n) is 10.5. The maximum atomic E-state index is 14.5. The van der Waals surface area contributed by atoms with E-state index in [2.05, 4.69) is 5.32 Å². The second-order valence-corrected chi connectivity index (χ2v) is 13.6. The Morgan fingerprint density at radius 1 is 0.822 bits per heavy atom. The molecule has 1 atom stereocenters. The maximum absolute atomic E-state index is 14.5. The Kier molecular flexibility index (Phi) is 11.9. The standard InChI is InChI=1S/C34H34Cl3N3O4S/c1-3-20-38-34(42)31(21-25-8-5-4-6-9-25)39(22-26-14-16-27(35)17-15-26)32(41)23-40(30-11-7-10-29(36)33(30)37)45(43,44)28-18-12-24(2)13-19-28/h4-19,31H,3,20-23H2,1-2H3,(H,38,42). The quantitative estimate of drug-likeness (QED) is 0.160. The summed E-state index contributed by atoms with van der Waals surface area (Å²) in [7, 11) is -4.31. The van der Waals surface area contributed by atoms with Crippen LogP contribution in [0.1, 0.15) is 30.0 Å². The third-order valence-electron chi connectivity index (χ3n) is 7.17. The first kappa shape index (κ1) is 34.3. The Bertz CT molecular complexity index is 1720. The molecule has 236 valence electrons. The van der Waals surface area contributed by atoms with Crippen LogP contribution < -0.4 is 9.62 Å². The summed E-state index contributed by atoms with van der Waals surface area (Å²) < 4.78 is 29.3. The fraction of sp³-hybridized carbons (Fsp3) is 0.235. The highest BCUT2D eigenvalue weighted by atomic mass is 35.5. The summed E-state index contributed by atoms with van der Waals surface area (Å²) in [6, 6.07) is 26.2. The Morgan fingerprint density at radius 2 is 1.49 bits per heavy atom. The average Bonchev–Trinajstić information content (AvgIpc) is 3.03. The first-order valence-corrected chi connectivity index (χ1v) is 17.0. The van der Waals surface area contributed by atoms with Crippen molar-refractivity contribution in [2.45, 2.75) is 44.2 Å². The van der Waals surface area contributed by atoms with Gasteiger partial charge in [0.2, 0.25) is 11.8 Å². The van der Waals surface area contributed by atoms with Gasteiger partial charge in [0.05, 0.1) is 20.6 Å². The van der Waals surface area contributed by atoms with Crippen molar-refractivity contribution in [2.75, 3.05) is 17.4 Å². The second kappa shape index (κ2) is 15.6. The molecule has 0 saturated carbocycles. The highest BCUT2D eigenvalue weighted by Crippen LogP contribution is 2.35. The van der Waals surface area contributed by atoms with Gasteiger partial charge in [-0.15, -0.1) is 0 Å². The number of carbonyl (C=O) groups is 2. The van der Waals surface area contributed by atoms with Crippen LogP contribution in [-0.4, -0.2) is 44.3 Å². The molecular weight excluding hydrogens is 653 g/mol. The number of carbonyl (C=O) groups excluding carboxylic acids is 2. The van der Waals surface area contributed by atoms with E-state index in [-0.39, 0.29) is 39.5 Å². The molecule has 11 heteroatoms. The number of rotatable bonds is 13. The summed E-state index contributed by atoms with van der Waals surface area (Å²) in [6.07, 6.45) is 0.906. The van der Waals surface area contributed by atoms with E-state index in [4.69, 9.17) is 34.8 Å². The molecule has 4 rings (SSSR count). The van der Waals surface area contributed by atoms with Crippen molar-refractivity contribution >= 4 is 62.3 Å². The summed E-state index contributed by atoms with van der Waals surface area (Å²) in [6.45, 7) is 3.58. The van der Waals surface area contributed by atoms with Gasteiger partial charge in [-0.2, -0.15) is 0 Å². The van der Waals surface area contributed by atoms with Crippen LogP contribution in [0, 0.1) is 6.92 Å². The topological polar surface area (TPSA) is 86.8 Å². The van der Waals surface area contributed by atoms with E-state index in [1.807, 2.05) is 44.2 Å². The highest BCUT2D eigenvalue weighted by molar-refractivity contribution is 7.92. The summed E-state index contributed by atoms with van der Waals surface area (Å²) in [4.78, 5) is 29.6. The van der Waals surface area contributed by atoms with Crippen molar-refractivity contribution < 1.29 is 18.0 Å². The van der Waals surface area contributed by atoms with Crippen LogP contribution in [0.5, 0.6) is 0 Å². The van der Waals surface area contributed by atoms with Gasteiger partial charge in [0.25, 0.3) is 10.0 Å². The Morgan fingerprint density at radius 3 is 2.13 bits per heavy atom. The van der Waals surface area contributed by atoms with Gasteiger partial charge in [0, 0.05) is 24.5 Å². The van der Waals surface area contributed by atoms with E-state index in [1.165, 1.54) is 29.2 Å². The van der Waals surface area contributed by atoms with Crippen LogP contribution in [-0.2, 0) is 32.6 Å². The van der Waals surface area contributed by atoms with E-state index in [0.717, 1.165) is 15.4 Å². The van der Waals surface area contributed by atoms with Crippen molar-refractivity contribution in [1.29, 1.82) is 0 Å². The van der Waals surface area contributed by atoms with E-state index >= 15 is 0 Å². The number of halogens is 3. The number of benzene rings is 4. The molecule has 2 amide bonds. The van der Waals surface area contributed by atoms with Gasteiger partial charge in [-0.3, -0.25) is 13.9 Å². The van der Waals surface area contributed by atoms with Crippen LogP contribution in [0.2, 0.25) is 15.1 Å². The zero-order chi connectivity index (χ0) is 32.6. The third kappa shape index (κ3) is 8.79. The number of nitrogens with one attached hydrogen (secondary N) is 1. The van der Waals surface area contributed by atoms with Crippen LogP contribution in [0.15, 0.2) is 102 Å². The number of amides is 2. The van der Waals surface area contributed by atoms with Crippen molar-refractivity contribution in [2.24, 2.45) is 0 Å².